The van der Waals surface area contributed by atoms with Gasteiger partial charge >= 0.3 is 6.09 Å². The van der Waals surface area contributed by atoms with Crippen LogP contribution in [-0.4, -0.2) is 41.9 Å². The van der Waals surface area contributed by atoms with E-state index in [0.29, 0.717) is 13.0 Å². The first-order chi connectivity index (χ1) is 7.83. The van der Waals surface area contributed by atoms with Crippen molar-refractivity contribution in [2.45, 2.75) is 45.0 Å². The molecule has 2 atom stereocenters. The standard InChI is InChI=1S/C10H17FN4O2/c1-10(2,3)17-9(16)15-5-4-8(13-14-12)7(11)6-15/h7-8H,4-6H2,1-3H3/t7-,8-/m0/s1. The van der Waals surface area contributed by atoms with Crippen LogP contribution in [0.5, 0.6) is 0 Å². The van der Waals surface area contributed by atoms with Gasteiger partial charge < -0.3 is 9.64 Å². The summed E-state index contributed by atoms with van der Waals surface area (Å²) in [6.07, 6.45) is -1.53. The molecule has 0 N–H and O–H groups in total. The second kappa shape index (κ2) is 5.23. The summed E-state index contributed by atoms with van der Waals surface area (Å²) in [5.74, 6) is 0. The zero-order valence-corrected chi connectivity index (χ0v) is 10.3. The Morgan fingerprint density at radius 2 is 2.24 bits per heavy atom. The van der Waals surface area contributed by atoms with Crippen molar-refractivity contribution in [3.63, 3.8) is 0 Å². The summed E-state index contributed by atoms with van der Waals surface area (Å²) in [7, 11) is 0. The van der Waals surface area contributed by atoms with Gasteiger partial charge in [-0.05, 0) is 32.7 Å². The molecule has 1 amide bonds. The molecule has 1 saturated heterocycles. The molecular formula is C10H17FN4O2. The van der Waals surface area contributed by atoms with Crippen LogP contribution in [0.25, 0.3) is 10.4 Å². The molecule has 1 fully saturated rings. The molecule has 0 spiro atoms. The summed E-state index contributed by atoms with van der Waals surface area (Å²) >= 11 is 0. The number of rotatable bonds is 1. The number of hydrogen-bond donors (Lipinski definition) is 0. The molecule has 1 aliphatic heterocycles. The monoisotopic (exact) mass is 244 g/mol. The molecule has 0 unspecified atom stereocenters. The molecule has 1 heterocycles. The van der Waals surface area contributed by atoms with Gasteiger partial charge in [0.25, 0.3) is 0 Å². The minimum absolute atomic E-state index is 0.0847. The van der Waals surface area contributed by atoms with Crippen molar-refractivity contribution in [2.75, 3.05) is 13.1 Å². The predicted molar refractivity (Wildman–Crippen MR) is 60.3 cm³/mol. The third kappa shape index (κ3) is 4.11. The van der Waals surface area contributed by atoms with Gasteiger partial charge in [0.2, 0.25) is 0 Å². The fraction of sp³-hybridized carbons (Fsp3) is 0.900. The van der Waals surface area contributed by atoms with Gasteiger partial charge in [-0.15, -0.1) is 0 Å². The highest BCUT2D eigenvalue weighted by Gasteiger charge is 2.32. The Labute approximate surface area is 99.4 Å². The number of azide groups is 1. The van der Waals surface area contributed by atoms with Crippen LogP contribution in [-0.2, 0) is 4.74 Å². The number of nitrogens with zero attached hydrogens (tertiary/aromatic N) is 4. The minimum atomic E-state index is -1.33. The first-order valence-electron chi connectivity index (χ1n) is 5.49. The van der Waals surface area contributed by atoms with Crippen LogP contribution in [0.3, 0.4) is 0 Å². The quantitative estimate of drug-likeness (QED) is 0.404. The lowest BCUT2D eigenvalue weighted by Crippen LogP contribution is -2.48. The van der Waals surface area contributed by atoms with Gasteiger partial charge in [-0.25, -0.2) is 9.18 Å². The third-order valence-electron chi connectivity index (χ3n) is 2.36. The van der Waals surface area contributed by atoms with Crippen molar-refractivity contribution in [2.24, 2.45) is 5.11 Å². The highest BCUT2D eigenvalue weighted by atomic mass is 19.1. The Morgan fingerprint density at radius 3 is 2.71 bits per heavy atom. The molecular weight excluding hydrogens is 227 g/mol. The van der Waals surface area contributed by atoms with E-state index in [9.17, 15) is 9.18 Å². The summed E-state index contributed by atoms with van der Waals surface area (Å²) in [4.78, 5) is 15.6. The second-order valence-electron chi connectivity index (χ2n) is 5.00. The first kappa shape index (κ1) is 13.6. The molecule has 0 aromatic rings. The molecule has 0 bridgehead atoms. The van der Waals surface area contributed by atoms with Crippen molar-refractivity contribution in [3.05, 3.63) is 10.4 Å². The maximum absolute atomic E-state index is 13.6. The number of alkyl halides is 1. The van der Waals surface area contributed by atoms with Crippen LogP contribution in [0.2, 0.25) is 0 Å². The van der Waals surface area contributed by atoms with E-state index in [1.807, 2.05) is 0 Å². The van der Waals surface area contributed by atoms with Gasteiger partial charge in [0.15, 0.2) is 0 Å². The highest BCUT2D eigenvalue weighted by Crippen LogP contribution is 2.19. The number of carbonyl (C=O) groups is 1. The number of ether oxygens (including phenoxy) is 1. The van der Waals surface area contributed by atoms with E-state index in [4.69, 9.17) is 10.3 Å². The number of carbonyl (C=O) groups excluding carboxylic acids is 1. The maximum Gasteiger partial charge on any atom is 0.410 e. The lowest BCUT2D eigenvalue weighted by Gasteiger charge is -2.33. The normalized spacial score (nSPS) is 25.1. The molecule has 17 heavy (non-hydrogen) atoms. The molecule has 6 nitrogen and oxygen atoms in total. The van der Waals surface area contributed by atoms with Crippen LogP contribution in [0.15, 0.2) is 5.11 Å². The summed E-state index contributed by atoms with van der Waals surface area (Å²) in [5, 5.41) is 3.36. The Kier molecular flexibility index (Phi) is 4.17. The topological polar surface area (TPSA) is 78.3 Å². The van der Waals surface area contributed by atoms with Gasteiger partial charge in [-0.2, -0.15) is 0 Å². The SMILES string of the molecule is CC(C)(C)OC(=O)N1CC[C@H](N=[N+]=[N-])[C@@H](F)C1. The number of hydrogen-bond acceptors (Lipinski definition) is 3. The smallest absolute Gasteiger partial charge is 0.410 e. The van der Waals surface area contributed by atoms with Crippen LogP contribution in [0.1, 0.15) is 27.2 Å². The number of halogens is 1. The number of amides is 1. The summed E-state index contributed by atoms with van der Waals surface area (Å²) in [6.45, 7) is 5.53. The zero-order chi connectivity index (χ0) is 13.1. The summed E-state index contributed by atoms with van der Waals surface area (Å²) in [5.41, 5.74) is 7.66. The van der Waals surface area contributed by atoms with E-state index in [-0.39, 0.29) is 6.54 Å². The predicted octanol–water partition coefficient (Wildman–Crippen LogP) is 2.64. The largest absolute Gasteiger partial charge is 0.444 e. The summed E-state index contributed by atoms with van der Waals surface area (Å²) < 4.78 is 18.7. The van der Waals surface area contributed by atoms with Crippen molar-refractivity contribution < 1.29 is 13.9 Å². The molecule has 0 aromatic heterocycles. The maximum atomic E-state index is 13.6. The van der Waals surface area contributed by atoms with E-state index in [1.54, 1.807) is 20.8 Å². The van der Waals surface area contributed by atoms with Gasteiger partial charge in [-0.1, -0.05) is 5.11 Å². The fourth-order valence-electron chi connectivity index (χ4n) is 1.58. The van der Waals surface area contributed by atoms with Crippen molar-refractivity contribution in [1.82, 2.24) is 4.90 Å². The average Bonchev–Trinajstić information content (AvgIpc) is 2.18. The fourth-order valence-corrected chi connectivity index (χ4v) is 1.58. The van der Waals surface area contributed by atoms with Gasteiger partial charge in [-0.3, -0.25) is 0 Å². The zero-order valence-electron chi connectivity index (χ0n) is 10.3. The van der Waals surface area contributed by atoms with E-state index in [2.05, 4.69) is 10.0 Å². The van der Waals surface area contributed by atoms with Crippen LogP contribution in [0.4, 0.5) is 9.18 Å². The number of likely N-dealkylation sites (tertiary alicyclic amines) is 1. The van der Waals surface area contributed by atoms with Crippen molar-refractivity contribution >= 4 is 6.09 Å². The lowest BCUT2D eigenvalue weighted by atomic mass is 10.0. The minimum Gasteiger partial charge on any atom is -0.444 e. The average molecular weight is 244 g/mol. The van der Waals surface area contributed by atoms with Crippen LogP contribution < -0.4 is 0 Å². The summed E-state index contributed by atoms with van der Waals surface area (Å²) in [6, 6.07) is -0.682. The third-order valence-corrected chi connectivity index (χ3v) is 2.36. The van der Waals surface area contributed by atoms with Gasteiger partial charge in [0.1, 0.15) is 11.8 Å². The molecule has 1 rings (SSSR count). The number of piperidine rings is 1. The molecule has 96 valence electrons. The van der Waals surface area contributed by atoms with Gasteiger partial charge in [0, 0.05) is 11.5 Å². The first-order valence-corrected chi connectivity index (χ1v) is 5.49. The molecule has 0 aliphatic carbocycles. The molecule has 0 aromatic carbocycles. The Balaban J connectivity index is 2.55. The lowest BCUT2D eigenvalue weighted by molar-refractivity contribution is 0.0116. The Morgan fingerprint density at radius 1 is 1.59 bits per heavy atom. The molecule has 0 saturated carbocycles. The van der Waals surface area contributed by atoms with Crippen molar-refractivity contribution in [3.8, 4) is 0 Å². The van der Waals surface area contributed by atoms with Crippen molar-refractivity contribution in [1.29, 1.82) is 0 Å². The molecule has 7 heteroatoms. The van der Waals surface area contributed by atoms with E-state index in [1.165, 1.54) is 4.90 Å². The Bertz CT molecular complexity index is 336. The van der Waals surface area contributed by atoms with E-state index < -0.39 is 23.9 Å². The molecule has 0 radical (unpaired) electrons. The van der Waals surface area contributed by atoms with Crippen LogP contribution >= 0.6 is 0 Å². The van der Waals surface area contributed by atoms with E-state index >= 15 is 0 Å². The van der Waals surface area contributed by atoms with E-state index in [0.717, 1.165) is 0 Å². The Hall–Kier alpha value is -1.49. The highest BCUT2D eigenvalue weighted by molar-refractivity contribution is 5.68. The second-order valence-corrected chi connectivity index (χ2v) is 5.00. The van der Waals surface area contributed by atoms with Gasteiger partial charge in [0.05, 0.1) is 12.6 Å². The van der Waals surface area contributed by atoms with Crippen LogP contribution in [0, 0.1) is 0 Å². The molecule has 1 aliphatic rings.